The number of hydrogen-bond acceptors (Lipinski definition) is 2. The molecule has 0 saturated carbocycles. The number of hydrogen-bond donors (Lipinski definition) is 1. The molecule has 1 aromatic rings. The summed E-state index contributed by atoms with van der Waals surface area (Å²) in [6.45, 7) is 10.0. The molecule has 0 radical (unpaired) electrons. The van der Waals surface area contributed by atoms with Crippen LogP contribution in [0.25, 0.3) is 0 Å². The van der Waals surface area contributed by atoms with E-state index < -0.39 is 0 Å². The molecule has 1 N–H and O–H groups in total. The number of ether oxygens (including phenoxy) is 1. The minimum Gasteiger partial charge on any atom is -0.489 e. The molecule has 90 valence electrons. The minimum absolute atomic E-state index is 0.165. The largest absolute Gasteiger partial charge is 0.489 e. The maximum Gasteiger partial charge on any atom is 0.125 e. The molecule has 3 heteroatoms. The van der Waals surface area contributed by atoms with Gasteiger partial charge in [0.1, 0.15) is 11.9 Å². The second-order valence-corrected chi connectivity index (χ2v) is 4.54. The van der Waals surface area contributed by atoms with E-state index in [1.54, 1.807) is 0 Å². The minimum atomic E-state index is 0.165. The van der Waals surface area contributed by atoms with Crippen LogP contribution in [0.4, 0.5) is 0 Å². The molecule has 1 unspecified atom stereocenters. The molecule has 1 aromatic carbocycles. The molecule has 0 spiro atoms. The first-order valence-electron chi connectivity index (χ1n) is 5.68. The zero-order chi connectivity index (χ0) is 12.1. The zero-order valence-corrected chi connectivity index (χ0v) is 11.2. The van der Waals surface area contributed by atoms with Gasteiger partial charge in [-0.1, -0.05) is 18.5 Å². The Morgan fingerprint density at radius 1 is 1.31 bits per heavy atom. The highest BCUT2D eigenvalue weighted by molar-refractivity contribution is 6.30. The molecule has 1 rings (SSSR count). The summed E-state index contributed by atoms with van der Waals surface area (Å²) in [6.07, 6.45) is 0.165. The van der Waals surface area contributed by atoms with Gasteiger partial charge in [0.15, 0.2) is 0 Å². The molecule has 0 aromatic heterocycles. The topological polar surface area (TPSA) is 21.3 Å². The van der Waals surface area contributed by atoms with Gasteiger partial charge in [-0.25, -0.2) is 0 Å². The Balaban J connectivity index is 2.73. The summed E-state index contributed by atoms with van der Waals surface area (Å²) in [6, 6.07) is 3.87. The molecule has 0 aliphatic carbocycles. The third kappa shape index (κ3) is 3.69. The lowest BCUT2D eigenvalue weighted by Crippen LogP contribution is -2.29. The van der Waals surface area contributed by atoms with E-state index in [0.29, 0.717) is 0 Å². The highest BCUT2D eigenvalue weighted by Gasteiger charge is 2.09. The number of benzene rings is 1. The van der Waals surface area contributed by atoms with Gasteiger partial charge in [-0.2, -0.15) is 0 Å². The second kappa shape index (κ2) is 6.12. The predicted octanol–water partition coefficient (Wildman–Crippen LogP) is 3.33. The zero-order valence-electron chi connectivity index (χ0n) is 10.4. The molecule has 0 saturated heterocycles. The fourth-order valence-corrected chi connectivity index (χ4v) is 2.00. The third-order valence-electron chi connectivity index (χ3n) is 2.43. The van der Waals surface area contributed by atoms with Crippen LogP contribution in [0.5, 0.6) is 5.75 Å². The van der Waals surface area contributed by atoms with Crippen LogP contribution in [0.1, 0.15) is 25.0 Å². The molecule has 1 atom stereocenters. The summed E-state index contributed by atoms with van der Waals surface area (Å²) in [5, 5.41) is 4.03. The molecule has 0 fully saturated rings. The van der Waals surface area contributed by atoms with Crippen LogP contribution in [0, 0.1) is 13.8 Å². The lowest BCUT2D eigenvalue weighted by molar-refractivity contribution is 0.215. The van der Waals surface area contributed by atoms with Crippen LogP contribution in [0.15, 0.2) is 12.1 Å². The van der Waals surface area contributed by atoms with Crippen molar-refractivity contribution in [1.82, 2.24) is 5.32 Å². The van der Waals surface area contributed by atoms with Crippen molar-refractivity contribution in [2.24, 2.45) is 0 Å². The maximum absolute atomic E-state index is 5.97. The molecule has 0 amide bonds. The van der Waals surface area contributed by atoms with Crippen molar-refractivity contribution in [3.05, 3.63) is 28.3 Å². The van der Waals surface area contributed by atoms with E-state index in [9.17, 15) is 0 Å². The van der Waals surface area contributed by atoms with E-state index in [-0.39, 0.29) is 6.10 Å². The van der Waals surface area contributed by atoms with Gasteiger partial charge >= 0.3 is 0 Å². The number of likely N-dealkylation sites (N-methyl/N-ethyl adjacent to an activating group) is 1. The highest BCUT2D eigenvalue weighted by atomic mass is 35.5. The van der Waals surface area contributed by atoms with Crippen molar-refractivity contribution in [3.8, 4) is 5.75 Å². The predicted molar refractivity (Wildman–Crippen MR) is 69.6 cm³/mol. The molecular weight excluding hydrogens is 222 g/mol. The summed E-state index contributed by atoms with van der Waals surface area (Å²) in [5.74, 6) is 0.954. The first-order valence-corrected chi connectivity index (χ1v) is 6.06. The van der Waals surface area contributed by atoms with Crippen LogP contribution in [-0.2, 0) is 0 Å². The van der Waals surface area contributed by atoms with Crippen molar-refractivity contribution >= 4 is 11.6 Å². The van der Waals surface area contributed by atoms with Gasteiger partial charge in [0.05, 0.1) is 0 Å². The average Bonchev–Trinajstić information content (AvgIpc) is 2.20. The van der Waals surface area contributed by atoms with E-state index in [2.05, 4.69) is 19.2 Å². The second-order valence-electron chi connectivity index (χ2n) is 4.10. The Bertz CT molecular complexity index is 329. The van der Waals surface area contributed by atoms with Gasteiger partial charge in [0, 0.05) is 11.6 Å². The van der Waals surface area contributed by atoms with Crippen molar-refractivity contribution in [2.45, 2.75) is 33.8 Å². The number of aryl methyl sites for hydroxylation is 2. The Morgan fingerprint density at radius 2 is 1.88 bits per heavy atom. The van der Waals surface area contributed by atoms with Gasteiger partial charge < -0.3 is 10.1 Å². The molecular formula is C13H20ClNO. The summed E-state index contributed by atoms with van der Waals surface area (Å²) in [5.41, 5.74) is 2.18. The molecule has 2 nitrogen and oxygen atoms in total. The summed E-state index contributed by atoms with van der Waals surface area (Å²) in [7, 11) is 0. The number of rotatable bonds is 5. The van der Waals surface area contributed by atoms with Crippen LogP contribution in [0.2, 0.25) is 5.02 Å². The van der Waals surface area contributed by atoms with Gasteiger partial charge in [-0.15, -0.1) is 0 Å². The first kappa shape index (κ1) is 13.3. The summed E-state index contributed by atoms with van der Waals surface area (Å²) >= 11 is 5.97. The normalized spacial score (nSPS) is 12.6. The van der Waals surface area contributed by atoms with Crippen LogP contribution < -0.4 is 10.1 Å². The fraction of sp³-hybridized carbons (Fsp3) is 0.538. The molecule has 0 heterocycles. The average molecular weight is 242 g/mol. The van der Waals surface area contributed by atoms with Crippen LogP contribution in [-0.4, -0.2) is 19.2 Å². The Morgan fingerprint density at radius 3 is 2.38 bits per heavy atom. The SMILES string of the molecule is CCNCC(C)Oc1c(C)cc(Cl)cc1C. The third-order valence-corrected chi connectivity index (χ3v) is 2.64. The molecule has 0 bridgehead atoms. The smallest absolute Gasteiger partial charge is 0.125 e. The Hall–Kier alpha value is -0.730. The van der Waals surface area contributed by atoms with E-state index >= 15 is 0 Å². The fourth-order valence-electron chi connectivity index (χ4n) is 1.67. The lowest BCUT2D eigenvalue weighted by Gasteiger charge is -2.18. The summed E-state index contributed by atoms with van der Waals surface area (Å²) < 4.78 is 5.91. The Labute approximate surface area is 103 Å². The van der Waals surface area contributed by atoms with E-state index in [0.717, 1.165) is 35.0 Å². The standard InChI is InChI=1S/C13H20ClNO/c1-5-15-8-11(4)16-13-9(2)6-12(14)7-10(13)3/h6-7,11,15H,5,8H2,1-4H3. The number of halogens is 1. The lowest BCUT2D eigenvalue weighted by atomic mass is 10.1. The van der Waals surface area contributed by atoms with Gasteiger partial charge in [-0.05, 0) is 50.6 Å². The molecule has 0 aliphatic rings. The quantitative estimate of drug-likeness (QED) is 0.854. The van der Waals surface area contributed by atoms with Gasteiger partial charge in [-0.3, -0.25) is 0 Å². The molecule has 16 heavy (non-hydrogen) atoms. The molecule has 0 aliphatic heterocycles. The highest BCUT2D eigenvalue weighted by Crippen LogP contribution is 2.27. The van der Waals surface area contributed by atoms with E-state index in [1.165, 1.54) is 0 Å². The van der Waals surface area contributed by atoms with Crippen LogP contribution in [0.3, 0.4) is 0 Å². The maximum atomic E-state index is 5.97. The monoisotopic (exact) mass is 241 g/mol. The van der Waals surface area contributed by atoms with Crippen molar-refractivity contribution in [1.29, 1.82) is 0 Å². The first-order chi connectivity index (χ1) is 7.54. The number of nitrogens with one attached hydrogen (secondary N) is 1. The van der Waals surface area contributed by atoms with Crippen LogP contribution >= 0.6 is 11.6 Å². The van der Waals surface area contributed by atoms with Crippen molar-refractivity contribution in [2.75, 3.05) is 13.1 Å². The summed E-state index contributed by atoms with van der Waals surface area (Å²) in [4.78, 5) is 0. The van der Waals surface area contributed by atoms with Gasteiger partial charge in [0.2, 0.25) is 0 Å². The van der Waals surface area contributed by atoms with E-state index in [4.69, 9.17) is 16.3 Å². The van der Waals surface area contributed by atoms with Crippen molar-refractivity contribution < 1.29 is 4.74 Å². The van der Waals surface area contributed by atoms with E-state index in [1.807, 2.05) is 26.0 Å². The van der Waals surface area contributed by atoms with Crippen molar-refractivity contribution in [3.63, 3.8) is 0 Å². The Kier molecular flexibility index (Phi) is 5.10. The van der Waals surface area contributed by atoms with Gasteiger partial charge in [0.25, 0.3) is 0 Å².